The summed E-state index contributed by atoms with van der Waals surface area (Å²) in [4.78, 5) is 0. The first kappa shape index (κ1) is 10.4. The molecule has 0 aromatic rings. The van der Waals surface area contributed by atoms with Crippen molar-refractivity contribution in [3.8, 4) is 0 Å². The van der Waals surface area contributed by atoms with E-state index in [0.29, 0.717) is 11.8 Å². The Morgan fingerprint density at radius 3 is 2.23 bits per heavy atom. The van der Waals surface area contributed by atoms with Gasteiger partial charge in [-0.3, -0.25) is 0 Å². The zero-order valence-corrected chi connectivity index (χ0v) is 9.35. The fourth-order valence-electron chi connectivity index (χ4n) is 1.67. The first-order valence-electron chi connectivity index (χ1n) is 5.06. The average molecular weight is 180 g/mol. The number of ether oxygens (including phenoxy) is 1. The molecule has 0 aromatic carbocycles. The Hall–Kier alpha value is -0.720. The van der Waals surface area contributed by atoms with Gasteiger partial charge in [-0.25, -0.2) is 0 Å². The van der Waals surface area contributed by atoms with Gasteiger partial charge in [0.25, 0.3) is 0 Å². The lowest BCUT2D eigenvalue weighted by molar-refractivity contribution is 0.225. The van der Waals surface area contributed by atoms with E-state index in [1.807, 2.05) is 6.92 Å². The second-order valence-electron chi connectivity index (χ2n) is 4.33. The third kappa shape index (κ3) is 2.36. The quantitative estimate of drug-likeness (QED) is 0.631. The second-order valence-corrected chi connectivity index (χ2v) is 4.33. The van der Waals surface area contributed by atoms with E-state index < -0.39 is 0 Å². The summed E-state index contributed by atoms with van der Waals surface area (Å²) in [6, 6.07) is 0. The van der Waals surface area contributed by atoms with Gasteiger partial charge in [0.15, 0.2) is 0 Å². The van der Waals surface area contributed by atoms with Gasteiger partial charge in [-0.2, -0.15) is 0 Å². The molecule has 1 aliphatic rings. The Balaban J connectivity index is 3.01. The topological polar surface area (TPSA) is 9.23 Å². The lowest BCUT2D eigenvalue weighted by Crippen LogP contribution is -2.13. The molecule has 1 rings (SSSR count). The Morgan fingerprint density at radius 2 is 1.77 bits per heavy atom. The monoisotopic (exact) mass is 180 g/mol. The maximum Gasteiger partial charge on any atom is 0.110 e. The lowest BCUT2D eigenvalue weighted by atomic mass is 9.89. The summed E-state index contributed by atoms with van der Waals surface area (Å²) < 4.78 is 5.54. The minimum absolute atomic E-state index is 0.599. The fraction of sp³-hybridized carbons (Fsp3) is 0.667. The van der Waals surface area contributed by atoms with E-state index in [9.17, 15) is 0 Å². The van der Waals surface area contributed by atoms with Gasteiger partial charge in [0, 0.05) is 0 Å². The fourth-order valence-corrected chi connectivity index (χ4v) is 1.67. The Bertz CT molecular complexity index is 244. The molecule has 13 heavy (non-hydrogen) atoms. The van der Waals surface area contributed by atoms with Crippen molar-refractivity contribution in [1.29, 1.82) is 0 Å². The van der Waals surface area contributed by atoms with Crippen molar-refractivity contribution in [3.63, 3.8) is 0 Å². The molecule has 1 aliphatic heterocycles. The van der Waals surface area contributed by atoms with Gasteiger partial charge in [-0.1, -0.05) is 27.7 Å². The summed E-state index contributed by atoms with van der Waals surface area (Å²) >= 11 is 0. The standard InChI is InChI=1S/C12H20O/c1-8(2)11-6-10(5)13-7-12(11)9(3)4/h6,8-9H,7H2,1-5H3. The van der Waals surface area contributed by atoms with E-state index in [0.717, 1.165) is 12.4 Å². The van der Waals surface area contributed by atoms with Gasteiger partial charge in [-0.05, 0) is 36.0 Å². The molecule has 0 amide bonds. The molecular formula is C12H20O. The van der Waals surface area contributed by atoms with Crippen molar-refractivity contribution in [3.05, 3.63) is 23.0 Å². The molecule has 0 unspecified atom stereocenters. The lowest BCUT2D eigenvalue weighted by Gasteiger charge is -2.24. The van der Waals surface area contributed by atoms with Crippen molar-refractivity contribution in [2.24, 2.45) is 11.8 Å². The summed E-state index contributed by atoms with van der Waals surface area (Å²) in [5.41, 5.74) is 2.93. The van der Waals surface area contributed by atoms with Gasteiger partial charge >= 0.3 is 0 Å². The van der Waals surface area contributed by atoms with Crippen molar-refractivity contribution in [1.82, 2.24) is 0 Å². The Kier molecular flexibility index (Phi) is 3.18. The van der Waals surface area contributed by atoms with Gasteiger partial charge in [-0.15, -0.1) is 0 Å². The minimum atomic E-state index is 0.599. The van der Waals surface area contributed by atoms with Crippen molar-refractivity contribution < 1.29 is 4.74 Å². The number of allylic oxidation sites excluding steroid dienone is 3. The van der Waals surface area contributed by atoms with E-state index >= 15 is 0 Å². The molecule has 0 fully saturated rings. The molecule has 0 spiro atoms. The second kappa shape index (κ2) is 3.99. The molecule has 0 N–H and O–H groups in total. The smallest absolute Gasteiger partial charge is 0.110 e. The van der Waals surface area contributed by atoms with Crippen LogP contribution >= 0.6 is 0 Å². The normalized spacial score (nSPS) is 17.9. The van der Waals surface area contributed by atoms with Crippen LogP contribution in [-0.2, 0) is 4.74 Å². The molecule has 0 radical (unpaired) electrons. The van der Waals surface area contributed by atoms with Crippen LogP contribution in [0.1, 0.15) is 34.6 Å². The van der Waals surface area contributed by atoms with E-state index in [1.165, 1.54) is 11.1 Å². The van der Waals surface area contributed by atoms with E-state index in [-0.39, 0.29) is 0 Å². The third-order valence-electron chi connectivity index (χ3n) is 2.50. The van der Waals surface area contributed by atoms with Crippen LogP contribution in [0, 0.1) is 11.8 Å². The van der Waals surface area contributed by atoms with E-state index in [4.69, 9.17) is 4.74 Å². The predicted octanol–water partition coefficient (Wildman–Crippen LogP) is 3.53. The molecule has 0 aromatic heterocycles. The van der Waals surface area contributed by atoms with E-state index in [2.05, 4.69) is 33.8 Å². The molecule has 0 saturated carbocycles. The maximum atomic E-state index is 5.54. The SMILES string of the molecule is CC1=CC(C(C)C)=C(C(C)C)CO1. The van der Waals surface area contributed by atoms with Crippen LogP contribution in [0.25, 0.3) is 0 Å². The van der Waals surface area contributed by atoms with Crippen LogP contribution < -0.4 is 0 Å². The number of hydrogen-bond donors (Lipinski definition) is 0. The van der Waals surface area contributed by atoms with Gasteiger partial charge in [0.2, 0.25) is 0 Å². The third-order valence-corrected chi connectivity index (χ3v) is 2.50. The molecule has 1 nitrogen and oxygen atoms in total. The number of hydrogen-bond acceptors (Lipinski definition) is 1. The zero-order chi connectivity index (χ0) is 10.0. The van der Waals surface area contributed by atoms with Crippen LogP contribution in [-0.4, -0.2) is 6.61 Å². The highest BCUT2D eigenvalue weighted by molar-refractivity contribution is 5.32. The maximum absolute atomic E-state index is 5.54. The van der Waals surface area contributed by atoms with E-state index in [1.54, 1.807) is 0 Å². The van der Waals surface area contributed by atoms with Gasteiger partial charge in [0.1, 0.15) is 6.61 Å². The van der Waals surface area contributed by atoms with Crippen molar-refractivity contribution in [2.45, 2.75) is 34.6 Å². The molecular weight excluding hydrogens is 160 g/mol. The molecule has 0 bridgehead atoms. The molecule has 74 valence electrons. The summed E-state index contributed by atoms with van der Waals surface area (Å²) in [5.74, 6) is 2.26. The molecule has 0 saturated heterocycles. The molecule has 0 atom stereocenters. The zero-order valence-electron chi connectivity index (χ0n) is 9.35. The summed E-state index contributed by atoms with van der Waals surface area (Å²) in [5, 5.41) is 0. The minimum Gasteiger partial charge on any atom is -0.494 e. The number of rotatable bonds is 2. The highest BCUT2D eigenvalue weighted by Gasteiger charge is 2.16. The summed E-state index contributed by atoms with van der Waals surface area (Å²) in [6.45, 7) is 11.8. The summed E-state index contributed by atoms with van der Waals surface area (Å²) in [6.07, 6.45) is 2.18. The Labute approximate surface area is 81.5 Å². The van der Waals surface area contributed by atoms with Crippen molar-refractivity contribution >= 4 is 0 Å². The van der Waals surface area contributed by atoms with Crippen LogP contribution in [0.15, 0.2) is 23.0 Å². The van der Waals surface area contributed by atoms with Crippen LogP contribution in [0.2, 0.25) is 0 Å². The van der Waals surface area contributed by atoms with Crippen LogP contribution in [0.5, 0.6) is 0 Å². The first-order chi connectivity index (χ1) is 6.02. The van der Waals surface area contributed by atoms with Crippen LogP contribution in [0.3, 0.4) is 0 Å². The largest absolute Gasteiger partial charge is 0.494 e. The van der Waals surface area contributed by atoms with Crippen molar-refractivity contribution in [2.75, 3.05) is 6.61 Å². The average Bonchev–Trinajstić information content (AvgIpc) is 2.03. The highest BCUT2D eigenvalue weighted by Crippen LogP contribution is 2.27. The predicted molar refractivity (Wildman–Crippen MR) is 56.4 cm³/mol. The summed E-state index contributed by atoms with van der Waals surface area (Å²) in [7, 11) is 0. The molecule has 0 aliphatic carbocycles. The Morgan fingerprint density at radius 1 is 1.15 bits per heavy atom. The highest BCUT2D eigenvalue weighted by atomic mass is 16.5. The molecule has 1 heterocycles. The van der Waals surface area contributed by atoms with Crippen LogP contribution in [0.4, 0.5) is 0 Å². The van der Waals surface area contributed by atoms with Gasteiger partial charge < -0.3 is 4.74 Å². The van der Waals surface area contributed by atoms with Gasteiger partial charge in [0.05, 0.1) is 5.76 Å². The molecule has 1 heteroatoms. The first-order valence-corrected chi connectivity index (χ1v) is 5.06.